The molecule has 1 aliphatic heterocycles. The van der Waals surface area contributed by atoms with Crippen LogP contribution in [0.1, 0.15) is 53.5 Å². The van der Waals surface area contributed by atoms with Crippen molar-refractivity contribution in [1.29, 1.82) is 0 Å². The van der Waals surface area contributed by atoms with E-state index in [0.717, 1.165) is 16.7 Å². The summed E-state index contributed by atoms with van der Waals surface area (Å²) in [4.78, 5) is 40.6. The Hall–Kier alpha value is -3.26. The molecule has 39 heavy (non-hydrogen) atoms. The van der Waals surface area contributed by atoms with Gasteiger partial charge in [-0.05, 0) is 49.3 Å². The summed E-state index contributed by atoms with van der Waals surface area (Å²) < 4.78 is 4.75. The minimum absolute atomic E-state index is 0.189. The van der Waals surface area contributed by atoms with Crippen molar-refractivity contribution in [3.63, 3.8) is 0 Å². The van der Waals surface area contributed by atoms with Gasteiger partial charge in [-0.1, -0.05) is 81.4 Å². The van der Waals surface area contributed by atoms with E-state index in [1.807, 2.05) is 75.4 Å². The number of nitrogens with one attached hydrogen (secondary N) is 1. The first-order chi connectivity index (χ1) is 18.2. The monoisotopic (exact) mass is 552 g/mol. The van der Waals surface area contributed by atoms with Gasteiger partial charge in [0.05, 0.1) is 4.75 Å². The number of nitrogens with zero attached hydrogens (tertiary/aromatic N) is 1. The van der Waals surface area contributed by atoms with Gasteiger partial charge >= 0.3 is 12.1 Å². The number of carbonyl (C=O) groups excluding carboxylic acids is 2. The molecule has 0 bridgehead atoms. The van der Waals surface area contributed by atoms with E-state index in [4.69, 9.17) is 4.74 Å². The molecule has 7 nitrogen and oxygen atoms in total. The summed E-state index contributed by atoms with van der Waals surface area (Å²) in [6.45, 7) is 14.8. The summed E-state index contributed by atoms with van der Waals surface area (Å²) in [6, 6.07) is 16.1. The zero-order valence-electron chi connectivity index (χ0n) is 23.7. The number of amides is 2. The SMILES string of the molecule is C=CCS[C@@]1(c2ccc(-c3ccccc3)cc2)C[C@@H](C(=O)O)N(C(=O)C(NC(=O)OC(C)(C)C)C(C)(C)C)C1. The van der Waals surface area contributed by atoms with Crippen molar-refractivity contribution < 1.29 is 24.2 Å². The Bertz CT molecular complexity index is 1180. The van der Waals surface area contributed by atoms with Gasteiger partial charge in [0.15, 0.2) is 0 Å². The molecule has 0 spiro atoms. The fourth-order valence-corrected chi connectivity index (χ4v) is 6.02. The average Bonchev–Trinajstić information content (AvgIpc) is 3.26. The highest BCUT2D eigenvalue weighted by Crippen LogP contribution is 2.48. The zero-order chi connectivity index (χ0) is 29.0. The van der Waals surface area contributed by atoms with Crippen LogP contribution in [0, 0.1) is 5.41 Å². The van der Waals surface area contributed by atoms with E-state index in [9.17, 15) is 19.5 Å². The van der Waals surface area contributed by atoms with Crippen LogP contribution in [0.5, 0.6) is 0 Å². The molecule has 0 saturated carbocycles. The van der Waals surface area contributed by atoms with Gasteiger partial charge in [0.25, 0.3) is 0 Å². The van der Waals surface area contributed by atoms with Gasteiger partial charge in [-0.15, -0.1) is 18.3 Å². The number of ether oxygens (including phenoxy) is 1. The predicted octanol–water partition coefficient (Wildman–Crippen LogP) is 6.09. The van der Waals surface area contributed by atoms with Crippen molar-refractivity contribution >= 4 is 29.7 Å². The second kappa shape index (κ2) is 11.9. The molecule has 8 heteroatoms. The van der Waals surface area contributed by atoms with Crippen LogP contribution >= 0.6 is 11.8 Å². The average molecular weight is 553 g/mol. The van der Waals surface area contributed by atoms with Crippen molar-refractivity contribution in [2.24, 2.45) is 5.41 Å². The van der Waals surface area contributed by atoms with E-state index in [2.05, 4.69) is 11.9 Å². The summed E-state index contributed by atoms with van der Waals surface area (Å²) in [5.74, 6) is -0.925. The molecule has 0 aliphatic carbocycles. The van der Waals surface area contributed by atoms with E-state index in [-0.39, 0.29) is 13.0 Å². The van der Waals surface area contributed by atoms with Gasteiger partial charge in [-0.25, -0.2) is 9.59 Å². The molecule has 2 amide bonds. The number of rotatable bonds is 8. The van der Waals surface area contributed by atoms with E-state index >= 15 is 0 Å². The van der Waals surface area contributed by atoms with Crippen molar-refractivity contribution in [1.82, 2.24) is 10.2 Å². The number of alkyl carbamates (subject to hydrolysis) is 1. The molecule has 0 radical (unpaired) electrons. The Morgan fingerprint density at radius 3 is 2.18 bits per heavy atom. The number of benzene rings is 2. The van der Waals surface area contributed by atoms with Crippen LogP contribution in [0.4, 0.5) is 4.79 Å². The van der Waals surface area contributed by atoms with Gasteiger partial charge in [0.1, 0.15) is 17.7 Å². The lowest BCUT2D eigenvalue weighted by atomic mass is 9.85. The molecule has 2 aromatic carbocycles. The fourth-order valence-electron chi connectivity index (χ4n) is 4.78. The van der Waals surface area contributed by atoms with E-state index in [0.29, 0.717) is 5.75 Å². The van der Waals surface area contributed by atoms with Crippen LogP contribution in [0.15, 0.2) is 67.3 Å². The quantitative estimate of drug-likeness (QED) is 0.385. The Balaban J connectivity index is 1.97. The number of hydrogen-bond acceptors (Lipinski definition) is 5. The molecular formula is C31H40N2O5S. The van der Waals surface area contributed by atoms with Crippen LogP contribution in [-0.2, 0) is 19.1 Å². The maximum absolute atomic E-state index is 14.0. The second-order valence-corrected chi connectivity index (χ2v) is 13.4. The number of thioether (sulfide) groups is 1. The summed E-state index contributed by atoms with van der Waals surface area (Å²) in [5.41, 5.74) is 1.66. The lowest BCUT2D eigenvalue weighted by Crippen LogP contribution is -2.57. The minimum Gasteiger partial charge on any atom is -0.480 e. The largest absolute Gasteiger partial charge is 0.480 e. The molecule has 1 heterocycles. The summed E-state index contributed by atoms with van der Waals surface area (Å²) >= 11 is 1.58. The maximum atomic E-state index is 14.0. The number of carboxylic acids is 1. The second-order valence-electron chi connectivity index (χ2n) is 12.0. The van der Waals surface area contributed by atoms with Crippen LogP contribution in [0.3, 0.4) is 0 Å². The molecule has 1 unspecified atom stereocenters. The lowest BCUT2D eigenvalue weighted by molar-refractivity contribution is -0.150. The molecule has 1 saturated heterocycles. The molecule has 1 fully saturated rings. The molecule has 210 valence electrons. The summed E-state index contributed by atoms with van der Waals surface area (Å²) in [5, 5.41) is 12.9. The van der Waals surface area contributed by atoms with Crippen molar-refractivity contribution in [3.05, 3.63) is 72.8 Å². The van der Waals surface area contributed by atoms with Crippen molar-refractivity contribution in [2.75, 3.05) is 12.3 Å². The van der Waals surface area contributed by atoms with E-state index in [1.165, 1.54) is 4.90 Å². The predicted molar refractivity (Wildman–Crippen MR) is 157 cm³/mol. The van der Waals surface area contributed by atoms with Gasteiger partial charge in [0.2, 0.25) is 5.91 Å². The maximum Gasteiger partial charge on any atom is 0.408 e. The van der Waals surface area contributed by atoms with Gasteiger partial charge in [-0.3, -0.25) is 4.79 Å². The molecule has 3 rings (SSSR count). The molecule has 3 atom stereocenters. The molecular weight excluding hydrogens is 512 g/mol. The Morgan fingerprint density at radius 1 is 1.08 bits per heavy atom. The van der Waals surface area contributed by atoms with Gasteiger partial charge in [0, 0.05) is 12.3 Å². The minimum atomic E-state index is -1.07. The third kappa shape index (κ3) is 7.44. The standard InChI is InChI=1S/C31H40N2O5S/c1-8-18-39-31(23-16-14-22(15-17-23)21-12-10-9-11-13-21)19-24(27(35)36)33(20-31)26(34)25(29(2,3)4)32-28(37)38-30(5,6)7/h8-17,24-25H,1,18-20H2,2-7H3,(H,32,37)(H,35,36)/t24-,25?,31-/m0/s1. The Kier molecular flexibility index (Phi) is 9.21. The summed E-state index contributed by atoms with van der Waals surface area (Å²) in [6.07, 6.45) is 1.30. The third-order valence-corrected chi connectivity index (χ3v) is 8.15. The molecule has 2 N–H and O–H groups in total. The first-order valence-corrected chi connectivity index (χ1v) is 14.1. The van der Waals surface area contributed by atoms with Crippen molar-refractivity contribution in [3.8, 4) is 11.1 Å². The number of carboxylic acid groups (broad SMARTS) is 1. The van der Waals surface area contributed by atoms with Gasteiger partial charge in [-0.2, -0.15) is 0 Å². The first-order valence-electron chi connectivity index (χ1n) is 13.1. The zero-order valence-corrected chi connectivity index (χ0v) is 24.5. The highest BCUT2D eigenvalue weighted by atomic mass is 32.2. The number of carbonyl (C=O) groups is 3. The Morgan fingerprint density at radius 2 is 1.67 bits per heavy atom. The normalized spacial score (nSPS) is 20.3. The third-order valence-electron chi connectivity index (χ3n) is 6.66. The smallest absolute Gasteiger partial charge is 0.408 e. The topological polar surface area (TPSA) is 95.9 Å². The highest BCUT2D eigenvalue weighted by Gasteiger charge is 2.52. The summed E-state index contributed by atoms with van der Waals surface area (Å²) in [7, 11) is 0. The van der Waals surface area contributed by atoms with Crippen LogP contribution < -0.4 is 5.32 Å². The van der Waals surface area contributed by atoms with Gasteiger partial charge < -0.3 is 20.1 Å². The van der Waals surface area contributed by atoms with Crippen LogP contribution in [0.25, 0.3) is 11.1 Å². The lowest BCUT2D eigenvalue weighted by Gasteiger charge is -2.36. The molecule has 2 aromatic rings. The van der Waals surface area contributed by atoms with Crippen molar-refractivity contribution in [2.45, 2.75) is 70.4 Å². The fraction of sp³-hybridized carbons (Fsp3) is 0.452. The Labute approximate surface area is 236 Å². The number of hydrogen-bond donors (Lipinski definition) is 2. The number of likely N-dealkylation sites (tertiary alicyclic amines) is 1. The molecule has 0 aromatic heterocycles. The van der Waals surface area contributed by atoms with Crippen LogP contribution in [-0.4, -0.2) is 58.0 Å². The number of aliphatic carboxylic acids is 1. The van der Waals surface area contributed by atoms with Crippen LogP contribution in [0.2, 0.25) is 0 Å². The first kappa shape index (κ1) is 30.3. The van der Waals surface area contributed by atoms with E-state index < -0.39 is 45.8 Å². The molecule has 1 aliphatic rings. The highest BCUT2D eigenvalue weighted by molar-refractivity contribution is 8.00. The van der Waals surface area contributed by atoms with E-state index in [1.54, 1.807) is 38.6 Å².